The third-order valence-corrected chi connectivity index (χ3v) is 4.17. The minimum atomic E-state index is 0.222. The van der Waals surface area contributed by atoms with Gasteiger partial charge in [-0.05, 0) is 62.6 Å². The normalized spacial score (nSPS) is 23.2. The summed E-state index contributed by atoms with van der Waals surface area (Å²) in [6, 6.07) is 2.05. The van der Waals surface area contributed by atoms with E-state index in [1.165, 1.54) is 5.56 Å². The smallest absolute Gasteiger partial charge is 0.223 e. The molecule has 0 aliphatic heterocycles. The van der Waals surface area contributed by atoms with E-state index in [9.17, 15) is 4.79 Å². The minimum Gasteiger partial charge on any atom is -0.367 e. The summed E-state index contributed by atoms with van der Waals surface area (Å²) in [5.74, 6) is 1.20. The first kappa shape index (κ1) is 14.1. The van der Waals surface area contributed by atoms with Crippen LogP contribution in [0.1, 0.15) is 37.7 Å². The van der Waals surface area contributed by atoms with Crippen molar-refractivity contribution in [2.24, 2.45) is 17.6 Å². The van der Waals surface area contributed by atoms with E-state index in [-0.39, 0.29) is 11.8 Å². The van der Waals surface area contributed by atoms with Crippen LogP contribution < -0.4 is 11.1 Å². The molecule has 4 nitrogen and oxygen atoms in total. The Morgan fingerprint density at radius 2 is 2.16 bits per heavy atom. The molecule has 4 N–H and O–H groups in total. The van der Waals surface area contributed by atoms with Gasteiger partial charge < -0.3 is 16.0 Å². The lowest BCUT2D eigenvalue weighted by atomic mass is 9.80. The summed E-state index contributed by atoms with van der Waals surface area (Å²) in [4.78, 5) is 15.1. The Bertz CT molecular complexity index is 367. The largest absolute Gasteiger partial charge is 0.367 e. The molecule has 0 saturated heterocycles. The van der Waals surface area contributed by atoms with Gasteiger partial charge in [0.1, 0.15) is 0 Å². The molecule has 106 valence electrons. The maximum absolute atomic E-state index is 12.0. The molecular weight excluding hydrogens is 238 g/mol. The Morgan fingerprint density at radius 3 is 2.79 bits per heavy atom. The summed E-state index contributed by atoms with van der Waals surface area (Å²) in [5, 5.41) is 3.06. The molecule has 1 fully saturated rings. The molecule has 1 aliphatic rings. The van der Waals surface area contributed by atoms with Crippen LogP contribution in [-0.2, 0) is 11.2 Å². The van der Waals surface area contributed by atoms with Crippen molar-refractivity contribution in [3.05, 3.63) is 24.0 Å². The van der Waals surface area contributed by atoms with Gasteiger partial charge in [0, 0.05) is 24.9 Å². The average molecular weight is 263 g/mol. The van der Waals surface area contributed by atoms with Crippen molar-refractivity contribution < 1.29 is 4.79 Å². The van der Waals surface area contributed by atoms with Gasteiger partial charge in [-0.2, -0.15) is 0 Å². The standard InChI is InChI=1S/C15H25N3O/c16-8-5-12-1-3-14(4-2-12)15(19)18-10-7-13-6-9-17-11-13/h6,9,11-12,14,17H,1-5,7-8,10,16H2,(H,18,19). The van der Waals surface area contributed by atoms with Crippen LogP contribution in [0, 0.1) is 11.8 Å². The van der Waals surface area contributed by atoms with Crippen LogP contribution >= 0.6 is 0 Å². The van der Waals surface area contributed by atoms with Crippen molar-refractivity contribution in [3.63, 3.8) is 0 Å². The molecule has 0 spiro atoms. The lowest BCUT2D eigenvalue weighted by Crippen LogP contribution is -2.34. The highest BCUT2D eigenvalue weighted by atomic mass is 16.1. The average Bonchev–Trinajstić information content (AvgIpc) is 2.93. The van der Waals surface area contributed by atoms with Crippen molar-refractivity contribution in [1.29, 1.82) is 0 Å². The molecule has 2 rings (SSSR count). The van der Waals surface area contributed by atoms with Gasteiger partial charge in [-0.1, -0.05) is 0 Å². The highest BCUT2D eigenvalue weighted by molar-refractivity contribution is 5.78. The summed E-state index contributed by atoms with van der Waals surface area (Å²) in [6.45, 7) is 1.51. The van der Waals surface area contributed by atoms with Crippen LogP contribution in [0.3, 0.4) is 0 Å². The first-order chi connectivity index (χ1) is 9.29. The molecule has 1 amide bonds. The molecule has 0 atom stereocenters. The summed E-state index contributed by atoms with van der Waals surface area (Å²) in [7, 11) is 0. The second-order valence-corrected chi connectivity index (χ2v) is 5.56. The highest BCUT2D eigenvalue weighted by Crippen LogP contribution is 2.30. The molecule has 1 aromatic heterocycles. The molecular formula is C15H25N3O. The van der Waals surface area contributed by atoms with Gasteiger partial charge in [-0.25, -0.2) is 0 Å². The Labute approximate surface area is 115 Å². The van der Waals surface area contributed by atoms with Crippen molar-refractivity contribution in [1.82, 2.24) is 10.3 Å². The van der Waals surface area contributed by atoms with Crippen molar-refractivity contribution >= 4 is 5.91 Å². The first-order valence-electron chi connectivity index (χ1n) is 7.39. The number of nitrogens with two attached hydrogens (primary N) is 1. The van der Waals surface area contributed by atoms with E-state index in [1.54, 1.807) is 0 Å². The van der Waals surface area contributed by atoms with E-state index >= 15 is 0 Å². The molecule has 1 saturated carbocycles. The van der Waals surface area contributed by atoms with E-state index in [0.29, 0.717) is 0 Å². The molecule has 0 unspecified atom stereocenters. The van der Waals surface area contributed by atoms with E-state index in [0.717, 1.165) is 57.5 Å². The predicted octanol–water partition coefficient (Wildman–Crippen LogP) is 1.83. The zero-order valence-electron chi connectivity index (χ0n) is 11.5. The van der Waals surface area contributed by atoms with Crippen LogP contribution in [0.5, 0.6) is 0 Å². The SMILES string of the molecule is NCCC1CCC(C(=O)NCCc2cc[nH]c2)CC1. The molecule has 0 bridgehead atoms. The maximum Gasteiger partial charge on any atom is 0.223 e. The lowest BCUT2D eigenvalue weighted by Gasteiger charge is -2.27. The maximum atomic E-state index is 12.0. The van der Waals surface area contributed by atoms with E-state index in [4.69, 9.17) is 5.73 Å². The second-order valence-electron chi connectivity index (χ2n) is 5.56. The van der Waals surface area contributed by atoms with Crippen LogP contribution in [0.4, 0.5) is 0 Å². The number of hydrogen-bond donors (Lipinski definition) is 3. The number of amides is 1. The van der Waals surface area contributed by atoms with Gasteiger partial charge in [0.2, 0.25) is 5.91 Å². The zero-order chi connectivity index (χ0) is 13.5. The molecule has 1 aromatic rings. The highest BCUT2D eigenvalue weighted by Gasteiger charge is 2.25. The minimum absolute atomic E-state index is 0.222. The number of aromatic nitrogens is 1. The van der Waals surface area contributed by atoms with Gasteiger partial charge in [0.15, 0.2) is 0 Å². The third kappa shape index (κ3) is 4.39. The van der Waals surface area contributed by atoms with Crippen molar-refractivity contribution in [3.8, 4) is 0 Å². The van der Waals surface area contributed by atoms with Gasteiger partial charge in [-0.15, -0.1) is 0 Å². The monoisotopic (exact) mass is 263 g/mol. The number of aromatic amines is 1. The number of hydrogen-bond acceptors (Lipinski definition) is 2. The summed E-state index contributed by atoms with van der Waals surface area (Å²) < 4.78 is 0. The quantitative estimate of drug-likeness (QED) is 0.732. The molecule has 1 aliphatic carbocycles. The second kappa shape index (κ2) is 7.34. The van der Waals surface area contributed by atoms with Gasteiger partial charge in [0.25, 0.3) is 0 Å². The van der Waals surface area contributed by atoms with Crippen molar-refractivity contribution in [2.75, 3.05) is 13.1 Å². The molecule has 1 heterocycles. The van der Waals surface area contributed by atoms with E-state index < -0.39 is 0 Å². The van der Waals surface area contributed by atoms with E-state index in [1.807, 2.05) is 18.5 Å². The number of nitrogens with one attached hydrogen (secondary N) is 2. The Morgan fingerprint density at radius 1 is 1.37 bits per heavy atom. The summed E-state index contributed by atoms with van der Waals surface area (Å²) in [6.07, 6.45) is 10.3. The fourth-order valence-electron chi connectivity index (χ4n) is 2.94. The fourth-order valence-corrected chi connectivity index (χ4v) is 2.94. The third-order valence-electron chi connectivity index (χ3n) is 4.17. The first-order valence-corrected chi connectivity index (χ1v) is 7.39. The van der Waals surface area contributed by atoms with E-state index in [2.05, 4.69) is 10.3 Å². The van der Waals surface area contributed by atoms with Crippen LogP contribution in [0.15, 0.2) is 18.5 Å². The van der Waals surface area contributed by atoms with Crippen LogP contribution in [0.2, 0.25) is 0 Å². The Hall–Kier alpha value is -1.29. The molecule has 0 radical (unpaired) electrons. The van der Waals surface area contributed by atoms with Gasteiger partial charge in [-0.3, -0.25) is 4.79 Å². The van der Waals surface area contributed by atoms with Crippen molar-refractivity contribution in [2.45, 2.75) is 38.5 Å². The number of carbonyl (C=O) groups is 1. The Kier molecular flexibility index (Phi) is 5.45. The molecule has 4 heteroatoms. The van der Waals surface area contributed by atoms with Gasteiger partial charge in [0.05, 0.1) is 0 Å². The molecule has 0 aromatic carbocycles. The summed E-state index contributed by atoms with van der Waals surface area (Å²) >= 11 is 0. The Balaban J connectivity index is 1.64. The van der Waals surface area contributed by atoms with Crippen LogP contribution in [-0.4, -0.2) is 24.0 Å². The molecule has 19 heavy (non-hydrogen) atoms. The number of H-pyrrole nitrogens is 1. The van der Waals surface area contributed by atoms with Gasteiger partial charge >= 0.3 is 0 Å². The lowest BCUT2D eigenvalue weighted by molar-refractivity contribution is -0.126. The number of carbonyl (C=O) groups excluding carboxylic acids is 1. The topological polar surface area (TPSA) is 70.9 Å². The zero-order valence-corrected chi connectivity index (χ0v) is 11.5. The fraction of sp³-hybridized carbons (Fsp3) is 0.667. The summed E-state index contributed by atoms with van der Waals surface area (Å²) in [5.41, 5.74) is 6.83. The van der Waals surface area contributed by atoms with Crippen LogP contribution in [0.25, 0.3) is 0 Å². The number of rotatable bonds is 6. The predicted molar refractivity (Wildman–Crippen MR) is 76.6 cm³/mol.